The number of hydrogen-bond donors (Lipinski definition) is 1. The first kappa shape index (κ1) is 14.8. The van der Waals surface area contributed by atoms with Crippen molar-refractivity contribution in [2.75, 3.05) is 26.9 Å². The van der Waals surface area contributed by atoms with Gasteiger partial charge in [0, 0.05) is 6.61 Å². The maximum Gasteiger partial charge on any atom is 0.329 e. The van der Waals surface area contributed by atoms with E-state index in [1.54, 1.807) is 0 Å². The van der Waals surface area contributed by atoms with E-state index < -0.39 is 5.54 Å². The first-order valence-corrected chi connectivity index (χ1v) is 7.66. The van der Waals surface area contributed by atoms with Crippen LogP contribution >= 0.6 is 0 Å². The summed E-state index contributed by atoms with van der Waals surface area (Å²) in [5, 5.41) is 3.18. The van der Waals surface area contributed by atoms with Gasteiger partial charge in [0.25, 0.3) is 0 Å². The van der Waals surface area contributed by atoms with Crippen LogP contribution in [0.3, 0.4) is 0 Å². The Hall–Kier alpha value is -0.610. The molecule has 1 unspecified atom stereocenters. The van der Waals surface area contributed by atoms with Crippen molar-refractivity contribution < 1.29 is 14.3 Å². The highest BCUT2D eigenvalue weighted by atomic mass is 16.5. The van der Waals surface area contributed by atoms with Gasteiger partial charge in [0.2, 0.25) is 0 Å². The van der Waals surface area contributed by atoms with Crippen molar-refractivity contribution >= 4 is 5.97 Å². The Balaban J connectivity index is 1.80. The van der Waals surface area contributed by atoms with Crippen molar-refractivity contribution in [2.45, 2.75) is 51.0 Å². The predicted molar refractivity (Wildman–Crippen MR) is 73.9 cm³/mol. The van der Waals surface area contributed by atoms with Crippen LogP contribution in [0.2, 0.25) is 0 Å². The van der Waals surface area contributed by atoms with Crippen molar-refractivity contribution in [1.29, 1.82) is 0 Å². The van der Waals surface area contributed by atoms with E-state index in [1.165, 1.54) is 19.3 Å². The van der Waals surface area contributed by atoms with Crippen molar-refractivity contribution in [3.8, 4) is 0 Å². The smallest absolute Gasteiger partial charge is 0.329 e. The summed E-state index contributed by atoms with van der Waals surface area (Å²) in [6, 6.07) is 0. The Morgan fingerprint density at radius 2 is 2.05 bits per heavy atom. The molecule has 2 fully saturated rings. The number of rotatable bonds is 9. The Kier molecular flexibility index (Phi) is 5.22. The average Bonchev–Trinajstić information content (AvgIpc) is 3.16. The Morgan fingerprint density at radius 3 is 2.53 bits per heavy atom. The lowest BCUT2D eigenvalue weighted by molar-refractivity contribution is -0.155. The molecule has 4 heteroatoms. The van der Waals surface area contributed by atoms with Gasteiger partial charge in [-0.3, -0.25) is 0 Å². The average molecular weight is 269 g/mol. The predicted octanol–water partition coefficient (Wildman–Crippen LogP) is 2.12. The third-order valence-corrected chi connectivity index (χ3v) is 4.58. The zero-order valence-corrected chi connectivity index (χ0v) is 12.2. The highest BCUT2D eigenvalue weighted by Gasteiger charge is 2.51. The second-order valence-corrected chi connectivity index (χ2v) is 5.85. The summed E-state index contributed by atoms with van der Waals surface area (Å²) in [4.78, 5) is 12.2. The molecule has 0 amide bonds. The Morgan fingerprint density at radius 1 is 1.32 bits per heavy atom. The van der Waals surface area contributed by atoms with E-state index in [0.29, 0.717) is 19.1 Å². The van der Waals surface area contributed by atoms with Gasteiger partial charge < -0.3 is 14.8 Å². The molecule has 0 aliphatic heterocycles. The van der Waals surface area contributed by atoms with E-state index >= 15 is 0 Å². The molecule has 0 spiro atoms. The number of carbonyl (C=O) groups is 1. The fourth-order valence-corrected chi connectivity index (χ4v) is 2.82. The van der Waals surface area contributed by atoms with Crippen LogP contribution in [0.1, 0.15) is 45.4 Å². The number of ether oxygens (including phenoxy) is 2. The molecule has 0 aromatic heterocycles. The van der Waals surface area contributed by atoms with Crippen molar-refractivity contribution in [3.05, 3.63) is 0 Å². The first-order valence-electron chi connectivity index (χ1n) is 7.66. The summed E-state index contributed by atoms with van der Waals surface area (Å²) < 4.78 is 11.0. The third kappa shape index (κ3) is 3.48. The second-order valence-electron chi connectivity index (χ2n) is 5.85. The van der Waals surface area contributed by atoms with Gasteiger partial charge in [0.05, 0.1) is 13.2 Å². The van der Waals surface area contributed by atoms with Gasteiger partial charge in [-0.15, -0.1) is 0 Å². The molecule has 1 N–H and O–H groups in total. The molecular weight excluding hydrogens is 242 g/mol. The molecule has 1 atom stereocenters. The zero-order valence-electron chi connectivity index (χ0n) is 12.2. The zero-order chi connectivity index (χ0) is 13.7. The van der Waals surface area contributed by atoms with Gasteiger partial charge in [-0.2, -0.15) is 0 Å². The molecular formula is C15H27NO3. The number of esters is 1. The van der Waals surface area contributed by atoms with Crippen LogP contribution in [0.25, 0.3) is 0 Å². The highest BCUT2D eigenvalue weighted by molar-refractivity contribution is 5.82. The molecule has 110 valence electrons. The van der Waals surface area contributed by atoms with Crippen LogP contribution < -0.4 is 5.32 Å². The SMILES string of the molecule is CCOC(=O)C(COCCC1CCC1)(NC)C1CC1. The van der Waals surface area contributed by atoms with Crippen molar-refractivity contribution in [2.24, 2.45) is 11.8 Å². The van der Waals surface area contributed by atoms with Gasteiger partial charge in [-0.25, -0.2) is 4.79 Å². The maximum absolute atomic E-state index is 12.2. The van der Waals surface area contributed by atoms with Crippen molar-refractivity contribution in [3.63, 3.8) is 0 Å². The molecule has 19 heavy (non-hydrogen) atoms. The van der Waals surface area contributed by atoms with Crippen molar-refractivity contribution in [1.82, 2.24) is 5.32 Å². The summed E-state index contributed by atoms with van der Waals surface area (Å²) in [7, 11) is 1.84. The summed E-state index contributed by atoms with van der Waals surface area (Å²) >= 11 is 0. The van der Waals surface area contributed by atoms with E-state index in [-0.39, 0.29) is 5.97 Å². The minimum atomic E-state index is -0.615. The fraction of sp³-hybridized carbons (Fsp3) is 0.933. The summed E-state index contributed by atoms with van der Waals surface area (Å²) in [5.74, 6) is 1.08. The Bertz CT molecular complexity index is 300. The number of hydrogen-bond acceptors (Lipinski definition) is 4. The molecule has 4 nitrogen and oxygen atoms in total. The fourth-order valence-electron chi connectivity index (χ4n) is 2.82. The monoisotopic (exact) mass is 269 g/mol. The molecule has 0 radical (unpaired) electrons. The molecule has 2 aliphatic rings. The van der Waals surface area contributed by atoms with E-state index in [4.69, 9.17) is 9.47 Å². The Labute approximate surface area is 116 Å². The van der Waals surface area contributed by atoms with Gasteiger partial charge in [0.15, 0.2) is 0 Å². The number of likely N-dealkylation sites (N-methyl/N-ethyl adjacent to an activating group) is 1. The van der Waals surface area contributed by atoms with Crippen LogP contribution in [0.5, 0.6) is 0 Å². The lowest BCUT2D eigenvalue weighted by Gasteiger charge is -2.31. The van der Waals surface area contributed by atoms with Crippen LogP contribution in [0.15, 0.2) is 0 Å². The van der Waals surface area contributed by atoms with E-state index in [2.05, 4.69) is 5.32 Å². The van der Waals surface area contributed by atoms with Gasteiger partial charge in [-0.1, -0.05) is 19.3 Å². The molecule has 2 rings (SSSR count). The van der Waals surface area contributed by atoms with Gasteiger partial charge in [0.1, 0.15) is 5.54 Å². The van der Waals surface area contributed by atoms with E-state index in [0.717, 1.165) is 31.8 Å². The summed E-state index contributed by atoms with van der Waals surface area (Å²) in [6.45, 7) is 3.49. The van der Waals surface area contributed by atoms with Crippen LogP contribution in [0, 0.1) is 11.8 Å². The molecule has 2 aliphatic carbocycles. The molecule has 0 bridgehead atoms. The summed E-state index contributed by atoms with van der Waals surface area (Å²) in [6.07, 6.45) is 7.38. The van der Waals surface area contributed by atoms with Gasteiger partial charge in [-0.05, 0) is 45.1 Å². The maximum atomic E-state index is 12.2. The third-order valence-electron chi connectivity index (χ3n) is 4.58. The minimum Gasteiger partial charge on any atom is -0.465 e. The molecule has 0 aromatic carbocycles. The van der Waals surface area contributed by atoms with E-state index in [9.17, 15) is 4.79 Å². The minimum absolute atomic E-state index is 0.149. The molecule has 0 saturated heterocycles. The van der Waals surface area contributed by atoms with Crippen LogP contribution in [-0.2, 0) is 14.3 Å². The first-order chi connectivity index (χ1) is 9.23. The number of carbonyl (C=O) groups excluding carboxylic acids is 1. The molecule has 0 aromatic rings. The second kappa shape index (κ2) is 6.71. The van der Waals surface area contributed by atoms with Crippen LogP contribution in [-0.4, -0.2) is 38.4 Å². The van der Waals surface area contributed by atoms with Gasteiger partial charge >= 0.3 is 5.97 Å². The quantitative estimate of drug-likeness (QED) is 0.514. The topological polar surface area (TPSA) is 47.6 Å². The normalized spacial score (nSPS) is 22.6. The highest BCUT2D eigenvalue weighted by Crippen LogP contribution is 2.40. The summed E-state index contributed by atoms with van der Waals surface area (Å²) in [5.41, 5.74) is -0.615. The lowest BCUT2D eigenvalue weighted by Crippen LogP contribution is -2.57. The van der Waals surface area contributed by atoms with E-state index in [1.807, 2.05) is 14.0 Å². The standard InChI is InChI=1S/C15H27NO3/c1-3-19-14(17)15(16-2,13-7-8-13)11-18-10-9-12-5-4-6-12/h12-13,16H,3-11H2,1-2H3. The molecule has 0 heterocycles. The number of nitrogens with one attached hydrogen (secondary N) is 1. The molecule has 2 saturated carbocycles. The lowest BCUT2D eigenvalue weighted by atomic mass is 9.83. The largest absolute Gasteiger partial charge is 0.465 e. The van der Waals surface area contributed by atoms with Crippen LogP contribution in [0.4, 0.5) is 0 Å².